The quantitative estimate of drug-likeness (QED) is 0.137. The van der Waals surface area contributed by atoms with Crippen LogP contribution in [0.5, 0.6) is 5.75 Å². The lowest BCUT2D eigenvalue weighted by Crippen LogP contribution is -2.59. The van der Waals surface area contributed by atoms with Crippen LogP contribution in [0.2, 0.25) is 0 Å². The molecule has 2 heterocycles. The molecule has 11 nitrogen and oxygen atoms in total. The van der Waals surface area contributed by atoms with Crippen molar-refractivity contribution in [2.45, 2.75) is 56.3 Å². The number of amides is 4. The molecule has 5 N–H and O–H groups in total. The molecule has 292 valence electrons. The van der Waals surface area contributed by atoms with E-state index in [0.717, 1.165) is 16.7 Å². The number of carbonyl (C=O) groups is 5. The van der Waals surface area contributed by atoms with Gasteiger partial charge in [-0.05, 0) is 70.5 Å². The van der Waals surface area contributed by atoms with Crippen LogP contribution in [-0.2, 0) is 49.7 Å². The van der Waals surface area contributed by atoms with E-state index in [1.165, 1.54) is 24.3 Å². The zero-order valence-electron chi connectivity index (χ0n) is 31.0. The molecule has 0 saturated heterocycles. The number of carboxylic acids is 1. The molecule has 0 aliphatic carbocycles. The Balaban J connectivity index is 1.34. The number of hydrogen-bond acceptors (Lipinski definition) is 6. The van der Waals surface area contributed by atoms with Gasteiger partial charge in [-0.25, -0.2) is 9.18 Å². The molecule has 4 amide bonds. The highest BCUT2D eigenvalue weighted by Gasteiger charge is 2.32. The molecule has 5 aromatic carbocycles. The highest BCUT2D eigenvalue weighted by atomic mass is 19.1. The van der Waals surface area contributed by atoms with Crippen LogP contribution in [0.25, 0.3) is 11.1 Å². The van der Waals surface area contributed by atoms with E-state index in [1.54, 1.807) is 24.3 Å². The lowest BCUT2D eigenvalue weighted by molar-refractivity contribution is -0.142. The predicted octanol–water partition coefficient (Wildman–Crippen LogP) is 4.57. The van der Waals surface area contributed by atoms with E-state index in [-0.39, 0.29) is 25.7 Å². The summed E-state index contributed by atoms with van der Waals surface area (Å²) in [4.78, 5) is 68.1. The fourth-order valence-electron chi connectivity index (χ4n) is 6.56. The van der Waals surface area contributed by atoms with Crippen molar-refractivity contribution in [1.82, 2.24) is 21.3 Å². The number of aryl methyl sites for hydroxylation is 1. The van der Waals surface area contributed by atoms with Gasteiger partial charge in [0.25, 0.3) is 5.91 Å². The average Bonchev–Trinajstić information content (AvgIpc) is 3.22. The first-order valence-corrected chi connectivity index (χ1v) is 18.7. The Bertz CT molecular complexity index is 2150. The maximum absolute atomic E-state index is 14.3. The van der Waals surface area contributed by atoms with Gasteiger partial charge in [0.2, 0.25) is 17.7 Å². The van der Waals surface area contributed by atoms with Crippen molar-refractivity contribution in [3.05, 3.63) is 162 Å². The van der Waals surface area contributed by atoms with E-state index in [1.807, 2.05) is 84.9 Å². The van der Waals surface area contributed by atoms with E-state index >= 15 is 0 Å². The molecule has 0 spiro atoms. The summed E-state index contributed by atoms with van der Waals surface area (Å²) in [6.45, 7) is -0.457. The number of fused-ring (bicyclic) bond motifs is 16. The van der Waals surface area contributed by atoms with Gasteiger partial charge in [0.1, 0.15) is 35.7 Å². The Morgan fingerprint density at radius 3 is 1.74 bits per heavy atom. The first kappa shape index (κ1) is 39.9. The van der Waals surface area contributed by atoms with Gasteiger partial charge < -0.3 is 31.1 Å². The number of aliphatic carboxylic acids is 1. The molecule has 0 unspecified atom stereocenters. The summed E-state index contributed by atoms with van der Waals surface area (Å²) in [5.74, 6) is -4.15. The van der Waals surface area contributed by atoms with Gasteiger partial charge in [-0.2, -0.15) is 0 Å². The number of carboxylic acid groups (broad SMARTS) is 1. The van der Waals surface area contributed by atoms with Gasteiger partial charge in [0.05, 0.1) is 0 Å². The second kappa shape index (κ2) is 19.2. The average molecular weight is 771 g/mol. The van der Waals surface area contributed by atoms with Crippen molar-refractivity contribution in [3.8, 4) is 16.9 Å². The second-order valence-corrected chi connectivity index (χ2v) is 13.9. The third-order valence-electron chi connectivity index (χ3n) is 9.68. The van der Waals surface area contributed by atoms with Crippen LogP contribution in [-0.4, -0.2) is 65.5 Å². The molecule has 12 heteroatoms. The lowest BCUT2D eigenvalue weighted by Gasteiger charge is -2.26. The van der Waals surface area contributed by atoms with Crippen LogP contribution in [0, 0.1) is 5.82 Å². The SMILES string of the molecule is O=C1COc2ccc(cc2)C[C@@H](C(=O)O)NC(=O)[C@@H](CCc2ccccc2)NC(=O)[C@H](Cc2ccc(-c3ccccc3)cc2)NC(=O)[C@@H](Cc2ccc(F)cc2)N1. The molecular formula is C45H43FN4O7. The molecule has 0 aromatic heterocycles. The largest absolute Gasteiger partial charge is 0.484 e. The Morgan fingerprint density at radius 1 is 0.596 bits per heavy atom. The third-order valence-corrected chi connectivity index (χ3v) is 9.68. The van der Waals surface area contributed by atoms with E-state index in [4.69, 9.17) is 4.74 Å². The number of halogens is 1. The topological polar surface area (TPSA) is 163 Å². The van der Waals surface area contributed by atoms with Gasteiger partial charge in [-0.3, -0.25) is 19.2 Å². The Labute approximate surface area is 329 Å². The van der Waals surface area contributed by atoms with Gasteiger partial charge >= 0.3 is 5.97 Å². The van der Waals surface area contributed by atoms with Gasteiger partial charge in [-0.15, -0.1) is 0 Å². The summed E-state index contributed by atoms with van der Waals surface area (Å²) in [5.41, 5.74) is 4.66. The minimum Gasteiger partial charge on any atom is -0.484 e. The summed E-state index contributed by atoms with van der Waals surface area (Å²) >= 11 is 0. The Hall–Kier alpha value is -6.82. The van der Waals surface area contributed by atoms with E-state index in [2.05, 4.69) is 21.3 Å². The molecule has 2 aliphatic rings. The number of nitrogens with one attached hydrogen (secondary N) is 4. The maximum Gasteiger partial charge on any atom is 0.326 e. The van der Waals surface area contributed by atoms with Crippen molar-refractivity contribution < 1.29 is 38.2 Å². The Morgan fingerprint density at radius 2 is 1.12 bits per heavy atom. The highest BCUT2D eigenvalue weighted by molar-refractivity contribution is 5.95. The number of benzene rings is 5. The van der Waals surface area contributed by atoms with Gasteiger partial charge in [0, 0.05) is 19.3 Å². The minimum atomic E-state index is -1.33. The van der Waals surface area contributed by atoms with E-state index in [0.29, 0.717) is 28.9 Å². The molecule has 2 aliphatic heterocycles. The van der Waals surface area contributed by atoms with E-state index < -0.39 is 66.2 Å². The molecular weight excluding hydrogens is 728 g/mol. The van der Waals surface area contributed by atoms with Crippen molar-refractivity contribution in [2.75, 3.05) is 6.61 Å². The van der Waals surface area contributed by atoms with Crippen molar-refractivity contribution in [2.24, 2.45) is 0 Å². The van der Waals surface area contributed by atoms with Crippen LogP contribution in [0.4, 0.5) is 4.39 Å². The molecule has 7 rings (SSSR count). The van der Waals surface area contributed by atoms with Crippen LogP contribution < -0.4 is 26.0 Å². The molecule has 2 bridgehead atoms. The lowest BCUT2D eigenvalue weighted by atomic mass is 9.98. The number of hydrogen-bond donors (Lipinski definition) is 5. The molecule has 0 saturated carbocycles. The van der Waals surface area contributed by atoms with Crippen LogP contribution in [0.1, 0.15) is 28.7 Å². The van der Waals surface area contributed by atoms with Crippen molar-refractivity contribution in [1.29, 1.82) is 0 Å². The van der Waals surface area contributed by atoms with Gasteiger partial charge in [0.15, 0.2) is 6.61 Å². The highest BCUT2D eigenvalue weighted by Crippen LogP contribution is 2.20. The van der Waals surface area contributed by atoms with Crippen LogP contribution in [0.3, 0.4) is 0 Å². The first-order valence-electron chi connectivity index (χ1n) is 18.7. The third kappa shape index (κ3) is 11.6. The zero-order chi connectivity index (χ0) is 40.1. The van der Waals surface area contributed by atoms with Crippen molar-refractivity contribution in [3.63, 3.8) is 0 Å². The fraction of sp³-hybridized carbons (Fsp3) is 0.222. The predicted molar refractivity (Wildman–Crippen MR) is 211 cm³/mol. The zero-order valence-corrected chi connectivity index (χ0v) is 31.0. The first-order chi connectivity index (χ1) is 27.6. The maximum atomic E-state index is 14.3. The summed E-state index contributed by atoms with van der Waals surface area (Å²) in [7, 11) is 0. The standard InChI is InChI=1S/C45H43FN4O7/c46-35-20-13-31(14-21-35)25-38-43(53)49-39(26-30-11-18-34(19-12-30)33-9-5-2-6-10-33)44(54)48-37(24-17-29-7-3-1-4-8-29)42(52)50-40(45(55)56)27-32-15-22-36(23-16-32)57-28-41(51)47-38/h1-16,18-23,37-40H,17,24-28H2,(H,47,51)(H,48,54)(H,49,53)(H,50,52)(H,55,56)/t37-,38-,39+,40+/m1/s1. The molecule has 0 radical (unpaired) electrons. The summed E-state index contributed by atoms with van der Waals surface area (Å²) < 4.78 is 19.5. The van der Waals surface area contributed by atoms with Crippen LogP contribution >= 0.6 is 0 Å². The smallest absolute Gasteiger partial charge is 0.326 e. The number of ether oxygens (including phenoxy) is 1. The summed E-state index contributed by atoms with van der Waals surface area (Å²) in [6.07, 6.45) is 0.402. The monoisotopic (exact) mass is 770 g/mol. The van der Waals surface area contributed by atoms with Gasteiger partial charge in [-0.1, -0.05) is 109 Å². The normalized spacial score (nSPS) is 19.4. The molecule has 5 aromatic rings. The molecule has 57 heavy (non-hydrogen) atoms. The molecule has 4 atom stereocenters. The Kier molecular flexibility index (Phi) is 13.4. The van der Waals surface area contributed by atoms with Crippen LogP contribution in [0.15, 0.2) is 133 Å². The summed E-state index contributed by atoms with van der Waals surface area (Å²) in [6, 6.07) is 33.5. The van der Waals surface area contributed by atoms with Crippen molar-refractivity contribution >= 4 is 29.6 Å². The number of rotatable bonds is 9. The molecule has 0 fully saturated rings. The number of carbonyl (C=O) groups excluding carboxylic acids is 4. The fourth-order valence-corrected chi connectivity index (χ4v) is 6.56. The minimum absolute atomic E-state index is 0.00568. The summed E-state index contributed by atoms with van der Waals surface area (Å²) in [5, 5.41) is 21.0. The second-order valence-electron chi connectivity index (χ2n) is 13.9. The van der Waals surface area contributed by atoms with E-state index in [9.17, 15) is 33.5 Å².